The smallest absolute Gasteiger partial charge is 0.199 e. The Kier molecular flexibility index (Phi) is 3.41. The Labute approximate surface area is 84.5 Å². The third-order valence-corrected chi connectivity index (χ3v) is 2.81. The molecule has 0 atom stereocenters. The SMILES string of the molecule is CC(C)C=NS(=O)(=O)c1ccccc1. The fraction of sp³-hybridized carbons (Fsp3) is 0.300. The summed E-state index contributed by atoms with van der Waals surface area (Å²) >= 11 is 0. The molecule has 0 fully saturated rings. The third kappa shape index (κ3) is 2.96. The Balaban J connectivity index is 2.99. The minimum atomic E-state index is -3.49. The van der Waals surface area contributed by atoms with Gasteiger partial charge in [0.05, 0.1) is 4.90 Å². The summed E-state index contributed by atoms with van der Waals surface area (Å²) in [4.78, 5) is 0.233. The van der Waals surface area contributed by atoms with Crippen LogP contribution in [0.3, 0.4) is 0 Å². The van der Waals surface area contributed by atoms with Gasteiger partial charge in [-0.15, -0.1) is 0 Å². The van der Waals surface area contributed by atoms with Crippen LogP contribution in [0.2, 0.25) is 0 Å². The molecule has 0 heterocycles. The lowest BCUT2D eigenvalue weighted by Gasteiger charge is -1.98. The second kappa shape index (κ2) is 4.37. The molecule has 0 N–H and O–H groups in total. The maximum absolute atomic E-state index is 11.5. The zero-order valence-electron chi connectivity index (χ0n) is 8.21. The maximum atomic E-state index is 11.5. The van der Waals surface area contributed by atoms with E-state index in [1.807, 2.05) is 13.8 Å². The van der Waals surface area contributed by atoms with Crippen molar-refractivity contribution in [2.24, 2.45) is 10.3 Å². The number of sulfonamides is 1. The van der Waals surface area contributed by atoms with E-state index in [-0.39, 0.29) is 10.8 Å². The van der Waals surface area contributed by atoms with Crippen LogP contribution in [-0.2, 0) is 10.0 Å². The van der Waals surface area contributed by atoms with Gasteiger partial charge in [-0.25, -0.2) is 0 Å². The summed E-state index contributed by atoms with van der Waals surface area (Å²) in [6.07, 6.45) is 1.43. The fourth-order valence-corrected chi connectivity index (χ4v) is 1.88. The fourth-order valence-electron chi connectivity index (χ4n) is 0.855. The quantitative estimate of drug-likeness (QED) is 0.719. The molecule has 0 aliphatic heterocycles. The Hall–Kier alpha value is -1.16. The monoisotopic (exact) mass is 211 g/mol. The van der Waals surface area contributed by atoms with Gasteiger partial charge >= 0.3 is 0 Å². The molecule has 0 amide bonds. The molecule has 14 heavy (non-hydrogen) atoms. The van der Waals surface area contributed by atoms with Gasteiger partial charge in [-0.1, -0.05) is 32.0 Å². The summed E-state index contributed by atoms with van der Waals surface area (Å²) in [5, 5.41) is 0. The molecule has 1 aromatic rings. The highest BCUT2D eigenvalue weighted by Crippen LogP contribution is 2.10. The van der Waals surface area contributed by atoms with Gasteiger partial charge in [0, 0.05) is 6.21 Å². The second-order valence-electron chi connectivity index (χ2n) is 3.29. The molecule has 1 aromatic carbocycles. The first-order valence-corrected chi connectivity index (χ1v) is 5.82. The first-order chi connectivity index (χ1) is 6.52. The number of rotatable bonds is 3. The number of hydrogen-bond acceptors (Lipinski definition) is 2. The van der Waals surface area contributed by atoms with Crippen molar-refractivity contribution >= 4 is 16.2 Å². The Morgan fingerprint density at radius 1 is 1.21 bits per heavy atom. The van der Waals surface area contributed by atoms with Crippen LogP contribution in [0.25, 0.3) is 0 Å². The number of nitrogens with zero attached hydrogens (tertiary/aromatic N) is 1. The van der Waals surface area contributed by atoms with E-state index in [0.717, 1.165) is 0 Å². The van der Waals surface area contributed by atoms with Crippen LogP contribution in [0, 0.1) is 5.92 Å². The Bertz CT molecular complexity index is 407. The lowest BCUT2D eigenvalue weighted by Crippen LogP contribution is -1.99. The van der Waals surface area contributed by atoms with Crippen molar-refractivity contribution in [1.29, 1.82) is 0 Å². The highest BCUT2D eigenvalue weighted by Gasteiger charge is 2.09. The van der Waals surface area contributed by atoms with Crippen LogP contribution in [0.1, 0.15) is 13.8 Å². The van der Waals surface area contributed by atoms with Crippen molar-refractivity contribution in [1.82, 2.24) is 0 Å². The third-order valence-electron chi connectivity index (χ3n) is 1.54. The van der Waals surface area contributed by atoms with Crippen molar-refractivity contribution in [3.05, 3.63) is 30.3 Å². The van der Waals surface area contributed by atoms with E-state index in [4.69, 9.17) is 0 Å². The Morgan fingerprint density at radius 2 is 1.79 bits per heavy atom. The standard InChI is InChI=1S/C10H13NO2S/c1-9(2)8-11-14(12,13)10-6-4-3-5-7-10/h3-9H,1-2H3. The lowest BCUT2D eigenvalue weighted by molar-refractivity contribution is 0.598. The van der Waals surface area contributed by atoms with Crippen molar-refractivity contribution in [2.75, 3.05) is 0 Å². The van der Waals surface area contributed by atoms with Crippen LogP contribution in [-0.4, -0.2) is 14.6 Å². The van der Waals surface area contributed by atoms with Crippen LogP contribution in [0.4, 0.5) is 0 Å². The van der Waals surface area contributed by atoms with Gasteiger partial charge in [0.2, 0.25) is 0 Å². The number of hydrogen-bond donors (Lipinski definition) is 0. The van der Waals surface area contributed by atoms with Crippen molar-refractivity contribution in [2.45, 2.75) is 18.7 Å². The van der Waals surface area contributed by atoms with Crippen LogP contribution >= 0.6 is 0 Å². The molecule has 0 aliphatic rings. The highest BCUT2D eigenvalue weighted by atomic mass is 32.2. The zero-order chi connectivity index (χ0) is 10.6. The highest BCUT2D eigenvalue weighted by molar-refractivity contribution is 7.90. The van der Waals surface area contributed by atoms with E-state index in [2.05, 4.69) is 4.40 Å². The zero-order valence-corrected chi connectivity index (χ0v) is 9.03. The topological polar surface area (TPSA) is 46.5 Å². The van der Waals surface area contributed by atoms with Crippen LogP contribution < -0.4 is 0 Å². The molecule has 0 unspecified atom stereocenters. The van der Waals surface area contributed by atoms with Gasteiger partial charge in [0.25, 0.3) is 10.0 Å². The molecule has 0 radical (unpaired) electrons. The maximum Gasteiger partial charge on any atom is 0.281 e. The predicted molar refractivity (Wildman–Crippen MR) is 57.0 cm³/mol. The van der Waals surface area contributed by atoms with E-state index in [0.29, 0.717) is 0 Å². The summed E-state index contributed by atoms with van der Waals surface area (Å²) in [6, 6.07) is 8.20. The van der Waals surface area contributed by atoms with Gasteiger partial charge in [-0.3, -0.25) is 0 Å². The summed E-state index contributed by atoms with van der Waals surface area (Å²) in [5.74, 6) is 0.133. The van der Waals surface area contributed by atoms with E-state index >= 15 is 0 Å². The van der Waals surface area contributed by atoms with Gasteiger partial charge < -0.3 is 0 Å². The minimum Gasteiger partial charge on any atom is -0.199 e. The second-order valence-corrected chi connectivity index (χ2v) is 4.92. The Morgan fingerprint density at radius 3 is 2.29 bits per heavy atom. The lowest BCUT2D eigenvalue weighted by atomic mass is 10.3. The average molecular weight is 211 g/mol. The molecule has 0 spiro atoms. The first-order valence-electron chi connectivity index (χ1n) is 4.38. The van der Waals surface area contributed by atoms with Gasteiger partial charge in [0.1, 0.15) is 0 Å². The predicted octanol–water partition coefficient (Wildman–Crippen LogP) is 2.10. The normalized spacial score (nSPS) is 12.5. The van der Waals surface area contributed by atoms with Gasteiger partial charge in [-0.2, -0.15) is 12.8 Å². The summed E-state index contributed by atoms with van der Waals surface area (Å²) < 4.78 is 26.7. The van der Waals surface area contributed by atoms with Gasteiger partial charge in [-0.05, 0) is 18.1 Å². The molecule has 0 bridgehead atoms. The van der Waals surface area contributed by atoms with Gasteiger partial charge in [0.15, 0.2) is 0 Å². The average Bonchev–Trinajstić information content (AvgIpc) is 2.16. The molecule has 4 heteroatoms. The van der Waals surface area contributed by atoms with Crippen molar-refractivity contribution in [3.8, 4) is 0 Å². The van der Waals surface area contributed by atoms with Crippen LogP contribution in [0.5, 0.6) is 0 Å². The largest absolute Gasteiger partial charge is 0.281 e. The summed E-state index contributed by atoms with van der Waals surface area (Å²) in [5.41, 5.74) is 0. The molecular formula is C10H13NO2S. The molecule has 76 valence electrons. The van der Waals surface area contributed by atoms with Crippen molar-refractivity contribution < 1.29 is 8.42 Å². The summed E-state index contributed by atoms with van der Waals surface area (Å²) in [6.45, 7) is 3.76. The van der Waals surface area contributed by atoms with E-state index < -0.39 is 10.0 Å². The van der Waals surface area contributed by atoms with Crippen LogP contribution in [0.15, 0.2) is 39.6 Å². The minimum absolute atomic E-state index is 0.133. The molecule has 1 rings (SSSR count). The summed E-state index contributed by atoms with van der Waals surface area (Å²) in [7, 11) is -3.49. The molecule has 0 aromatic heterocycles. The first kappa shape index (κ1) is 10.9. The molecule has 0 saturated carbocycles. The van der Waals surface area contributed by atoms with E-state index in [1.165, 1.54) is 18.3 Å². The molecule has 0 saturated heterocycles. The van der Waals surface area contributed by atoms with E-state index in [1.54, 1.807) is 18.2 Å². The number of benzene rings is 1. The van der Waals surface area contributed by atoms with E-state index in [9.17, 15) is 8.42 Å². The molecule has 0 aliphatic carbocycles. The van der Waals surface area contributed by atoms with Crippen molar-refractivity contribution in [3.63, 3.8) is 0 Å². The molecule has 3 nitrogen and oxygen atoms in total. The molecular weight excluding hydrogens is 198 g/mol.